The number of fused-ring (bicyclic) bond motifs is 6. The van der Waals surface area contributed by atoms with E-state index < -0.39 is 0 Å². The summed E-state index contributed by atoms with van der Waals surface area (Å²) in [5.74, 6) is 0.777. The molecule has 0 unspecified atom stereocenters. The zero-order valence-electron chi connectivity index (χ0n) is 32.3. The summed E-state index contributed by atoms with van der Waals surface area (Å²) >= 11 is 1.18. The van der Waals surface area contributed by atoms with Crippen molar-refractivity contribution in [1.29, 1.82) is 0 Å². The molecule has 0 fully saturated rings. The molecular formula is C45H27N3OS. The molecule has 234 valence electrons. The van der Waals surface area contributed by atoms with Gasteiger partial charge >= 0.3 is 0 Å². The maximum atomic E-state index is 9.65. The predicted octanol–water partition coefficient (Wildman–Crippen LogP) is 12.5. The summed E-state index contributed by atoms with van der Waals surface area (Å²) in [6.07, 6.45) is 0. The first kappa shape index (κ1) is 23.0. The van der Waals surface area contributed by atoms with Crippen molar-refractivity contribution < 1.29 is 12.6 Å². The van der Waals surface area contributed by atoms with Gasteiger partial charge in [0.05, 0.1) is 8.22 Å². The van der Waals surface area contributed by atoms with Gasteiger partial charge in [0.1, 0.15) is 11.2 Å². The Morgan fingerprint density at radius 3 is 1.98 bits per heavy atom. The van der Waals surface area contributed by atoms with Crippen molar-refractivity contribution in [2.24, 2.45) is 0 Å². The summed E-state index contributed by atoms with van der Waals surface area (Å²) in [5.41, 5.74) is 5.86. The molecule has 10 aromatic rings. The average Bonchev–Trinajstić information content (AvgIpc) is 3.83. The normalized spacial score (nSPS) is 13.3. The van der Waals surface area contributed by atoms with Crippen molar-refractivity contribution in [2.45, 2.75) is 0 Å². The van der Waals surface area contributed by atoms with Gasteiger partial charge in [0, 0.05) is 53.2 Å². The molecule has 10 rings (SSSR count). The third-order valence-corrected chi connectivity index (χ3v) is 9.97. The molecule has 5 heteroatoms. The largest absolute Gasteiger partial charge is 0.456 e. The number of furan rings is 1. The number of benzene rings is 7. The molecule has 3 heterocycles. The van der Waals surface area contributed by atoms with Gasteiger partial charge in [-0.2, -0.15) is 0 Å². The number of rotatable bonds is 5. The highest BCUT2D eigenvalue weighted by Gasteiger charge is 2.18. The van der Waals surface area contributed by atoms with Crippen molar-refractivity contribution >= 4 is 53.4 Å². The van der Waals surface area contributed by atoms with Gasteiger partial charge in [-0.05, 0) is 40.9 Å². The number of hydrogen-bond acceptors (Lipinski definition) is 5. The lowest BCUT2D eigenvalue weighted by Gasteiger charge is -2.10. The highest BCUT2D eigenvalue weighted by Crippen LogP contribution is 2.44. The van der Waals surface area contributed by atoms with E-state index in [-0.39, 0.29) is 58.4 Å². The predicted molar refractivity (Wildman–Crippen MR) is 207 cm³/mol. The number of hydrogen-bond donors (Lipinski definition) is 0. The minimum atomic E-state index is -0.300. The molecule has 0 aliphatic heterocycles. The molecule has 50 heavy (non-hydrogen) atoms. The molecule has 0 atom stereocenters. The summed E-state index contributed by atoms with van der Waals surface area (Å²) in [4.78, 5) is 14.6. The van der Waals surface area contributed by atoms with Gasteiger partial charge in [-0.1, -0.05) is 139 Å². The van der Waals surface area contributed by atoms with Crippen LogP contribution in [0.15, 0.2) is 168 Å². The molecule has 0 amide bonds. The maximum absolute atomic E-state index is 9.65. The second kappa shape index (κ2) is 11.6. The van der Waals surface area contributed by atoms with Crippen LogP contribution in [0, 0.1) is 0 Å². The first-order valence-corrected chi connectivity index (χ1v) is 16.9. The highest BCUT2D eigenvalue weighted by atomic mass is 32.1. The Bertz CT molecular complexity index is 3220. The summed E-state index contributed by atoms with van der Waals surface area (Å²) < 4.78 is 62.6. The van der Waals surface area contributed by atoms with Gasteiger partial charge in [-0.15, -0.1) is 11.3 Å². The van der Waals surface area contributed by atoms with Crippen molar-refractivity contribution in [3.05, 3.63) is 164 Å². The minimum Gasteiger partial charge on any atom is -0.456 e. The van der Waals surface area contributed by atoms with Crippen molar-refractivity contribution in [1.82, 2.24) is 15.0 Å². The molecule has 0 aliphatic rings. The fourth-order valence-electron chi connectivity index (χ4n) is 6.50. The van der Waals surface area contributed by atoms with Gasteiger partial charge in [-0.25, -0.2) is 15.0 Å². The molecular weight excluding hydrogens is 631 g/mol. The van der Waals surface area contributed by atoms with E-state index in [2.05, 4.69) is 0 Å². The molecule has 0 saturated carbocycles. The lowest BCUT2D eigenvalue weighted by atomic mass is 9.98. The van der Waals surface area contributed by atoms with Crippen LogP contribution in [0.1, 0.15) is 8.22 Å². The van der Waals surface area contributed by atoms with Crippen LogP contribution in [0.3, 0.4) is 0 Å². The van der Waals surface area contributed by atoms with E-state index in [0.29, 0.717) is 43.3 Å². The number of aromatic nitrogens is 3. The van der Waals surface area contributed by atoms with E-state index in [0.717, 1.165) is 33.0 Å². The first-order chi connectivity index (χ1) is 27.3. The molecule has 3 aromatic heterocycles. The Balaban J connectivity index is 1.24. The smallest absolute Gasteiger partial charge is 0.164 e. The average molecular weight is 664 g/mol. The van der Waals surface area contributed by atoms with E-state index in [1.54, 1.807) is 0 Å². The van der Waals surface area contributed by atoms with E-state index in [1.165, 1.54) is 11.3 Å². The third-order valence-electron chi connectivity index (χ3n) is 8.85. The van der Waals surface area contributed by atoms with Crippen LogP contribution in [0.5, 0.6) is 0 Å². The molecule has 4 nitrogen and oxygen atoms in total. The Labute approximate surface area is 300 Å². The third kappa shape index (κ3) is 4.79. The van der Waals surface area contributed by atoms with E-state index in [9.17, 15) is 5.48 Å². The van der Waals surface area contributed by atoms with Gasteiger partial charge < -0.3 is 4.42 Å². The molecule has 7 aromatic carbocycles. The fraction of sp³-hybridized carbons (Fsp3) is 0. The number of para-hydroxylation sites is 1. The van der Waals surface area contributed by atoms with E-state index in [1.807, 2.05) is 127 Å². The Kier molecular flexibility index (Phi) is 5.35. The van der Waals surface area contributed by atoms with E-state index >= 15 is 0 Å². The molecule has 0 aliphatic carbocycles. The standard InChI is InChI=1S/C45H27N3OS/c1-3-12-28(13-4-1)30-16-9-17-31(26-30)44-46-43(29-14-5-2-6-15-29)47-45(48-44)32-24-25-33-35-20-10-21-36(42(35)50-40(33)27-32)34-19-11-23-39-41(34)37-18-7-8-22-38(37)49-39/h1-27H/i10D,20D,21D,24D,25D,27D. The van der Waals surface area contributed by atoms with Crippen LogP contribution in [0.2, 0.25) is 0 Å². The van der Waals surface area contributed by atoms with Crippen LogP contribution >= 0.6 is 11.3 Å². The Morgan fingerprint density at radius 2 is 1.14 bits per heavy atom. The maximum Gasteiger partial charge on any atom is 0.164 e. The molecule has 0 radical (unpaired) electrons. The molecule has 0 spiro atoms. The van der Waals surface area contributed by atoms with Gasteiger partial charge in [-0.3, -0.25) is 0 Å². The topological polar surface area (TPSA) is 51.8 Å². The Hall–Kier alpha value is -6.43. The highest BCUT2D eigenvalue weighted by molar-refractivity contribution is 7.26. The van der Waals surface area contributed by atoms with Crippen LogP contribution in [0.25, 0.3) is 98.5 Å². The lowest BCUT2D eigenvalue weighted by molar-refractivity contribution is 0.669. The monoisotopic (exact) mass is 663 g/mol. The number of thiophene rings is 1. The van der Waals surface area contributed by atoms with Crippen LogP contribution in [-0.4, -0.2) is 15.0 Å². The van der Waals surface area contributed by atoms with Crippen molar-refractivity contribution in [2.75, 3.05) is 0 Å². The zero-order chi connectivity index (χ0) is 38.2. The second-order valence-electron chi connectivity index (χ2n) is 11.9. The summed E-state index contributed by atoms with van der Waals surface area (Å²) in [6, 6.07) is 39.2. The Morgan fingerprint density at radius 1 is 0.480 bits per heavy atom. The summed E-state index contributed by atoms with van der Waals surface area (Å²) in [5, 5.41) is 2.11. The van der Waals surface area contributed by atoms with Crippen LogP contribution in [-0.2, 0) is 0 Å². The molecule has 0 bridgehead atoms. The SMILES string of the molecule is [2H]c1c([2H])c([2H])c2c(sc3c([2H])c(-c4nc(-c5ccccc5)nc(-c5cccc(-c6ccccc6)c5)n4)c([2H])c([2H])c32)c1-c1cccc2oc3ccccc3c12. The van der Waals surface area contributed by atoms with Gasteiger partial charge in [0.25, 0.3) is 0 Å². The number of nitrogens with zero attached hydrogens (tertiary/aromatic N) is 3. The van der Waals surface area contributed by atoms with Crippen LogP contribution < -0.4 is 0 Å². The lowest BCUT2D eigenvalue weighted by Crippen LogP contribution is -2.00. The van der Waals surface area contributed by atoms with Crippen LogP contribution in [0.4, 0.5) is 0 Å². The summed E-state index contributed by atoms with van der Waals surface area (Å²) in [7, 11) is 0. The zero-order valence-corrected chi connectivity index (χ0v) is 27.1. The van der Waals surface area contributed by atoms with Crippen molar-refractivity contribution in [3.8, 4) is 56.4 Å². The fourth-order valence-corrected chi connectivity index (χ4v) is 7.63. The minimum absolute atomic E-state index is 0.0577. The molecule has 0 N–H and O–H groups in total. The quantitative estimate of drug-likeness (QED) is 0.184. The summed E-state index contributed by atoms with van der Waals surface area (Å²) in [6.45, 7) is 0. The van der Waals surface area contributed by atoms with Gasteiger partial charge in [0.2, 0.25) is 0 Å². The first-order valence-electron chi connectivity index (χ1n) is 19.1. The second-order valence-corrected chi connectivity index (χ2v) is 12.9. The van der Waals surface area contributed by atoms with Crippen molar-refractivity contribution in [3.63, 3.8) is 0 Å². The molecule has 0 saturated heterocycles. The van der Waals surface area contributed by atoms with Gasteiger partial charge in [0.15, 0.2) is 17.5 Å². The van der Waals surface area contributed by atoms with E-state index in [4.69, 9.17) is 22.1 Å².